The minimum absolute atomic E-state index is 0.0495. The molecule has 6 N–H and O–H groups in total. The molecule has 7 amide bonds. The van der Waals surface area contributed by atoms with E-state index in [1.165, 1.54) is 37.9 Å². The van der Waals surface area contributed by atoms with Gasteiger partial charge in [-0.05, 0) is 64.7 Å². The molecule has 0 aromatic rings. The molecule has 2 aliphatic heterocycles. The molecule has 2 rings (SSSR count). The second-order valence-electron chi connectivity index (χ2n) is 16.6. The van der Waals surface area contributed by atoms with Gasteiger partial charge in [0.2, 0.25) is 41.4 Å². The maximum atomic E-state index is 14.1. The number of hydrogen-bond donors (Lipinski definition) is 5. The molecule has 0 aromatic carbocycles. The number of nitrogens with one attached hydrogen (secondary N) is 4. The lowest BCUT2D eigenvalue weighted by molar-refractivity contribution is -0.160. The van der Waals surface area contributed by atoms with E-state index in [4.69, 9.17) is 10.5 Å². The molecule has 2 heterocycles. The molecule has 16 nitrogen and oxygen atoms in total. The van der Waals surface area contributed by atoms with Gasteiger partial charge in [-0.15, -0.1) is 0 Å². The SMILES string of the molecule is C/C=C/C=C/C=C/C=C/C=C/C=C/C=C/C=C/C(=O)N(C)[C@@H]1C(=O)N[C@@H](C)C(=O)NC(CC(C)C)C(=O)N[C@@H](CC(C)C)C(=O)N2CCC[C@H]2C(=O)N[C@@H](CCC(N)=O)C(=O)O[C@@H]1C. The smallest absolute Gasteiger partial charge is 0.329 e. The summed E-state index contributed by atoms with van der Waals surface area (Å²) in [6.45, 7) is 12.4. The topological polar surface area (TPSA) is 226 Å². The van der Waals surface area contributed by atoms with Crippen molar-refractivity contribution in [3.8, 4) is 0 Å². The number of nitrogens with zero attached hydrogens (tertiary/aromatic N) is 2. The number of esters is 1. The Hall–Kier alpha value is -6.32. The van der Waals surface area contributed by atoms with Crippen LogP contribution in [0.25, 0.3) is 0 Å². The first-order valence-electron chi connectivity index (χ1n) is 21.9. The number of allylic oxidation sites excluding steroid dienone is 15. The van der Waals surface area contributed by atoms with E-state index in [1.54, 1.807) is 24.3 Å². The van der Waals surface area contributed by atoms with Gasteiger partial charge in [0.1, 0.15) is 42.4 Å². The first-order chi connectivity index (χ1) is 30.4. The molecule has 7 atom stereocenters. The molecule has 0 radical (unpaired) electrons. The van der Waals surface area contributed by atoms with E-state index in [1.807, 2.05) is 95.4 Å². The predicted molar refractivity (Wildman–Crippen MR) is 246 cm³/mol. The summed E-state index contributed by atoms with van der Waals surface area (Å²) in [5.41, 5.74) is 5.41. The van der Waals surface area contributed by atoms with Gasteiger partial charge >= 0.3 is 5.97 Å². The summed E-state index contributed by atoms with van der Waals surface area (Å²) in [6, 6.07) is -7.35. The number of carbonyl (C=O) groups is 8. The summed E-state index contributed by atoms with van der Waals surface area (Å²) < 4.78 is 5.76. The van der Waals surface area contributed by atoms with Crippen LogP contribution in [-0.2, 0) is 43.1 Å². The zero-order valence-electron chi connectivity index (χ0n) is 38.5. The number of hydrogen-bond acceptors (Lipinski definition) is 9. The van der Waals surface area contributed by atoms with Crippen molar-refractivity contribution >= 4 is 47.3 Å². The number of amides is 7. The van der Waals surface area contributed by atoms with Crippen LogP contribution >= 0.6 is 0 Å². The van der Waals surface area contributed by atoms with E-state index >= 15 is 0 Å². The van der Waals surface area contributed by atoms with Gasteiger partial charge in [0.05, 0.1) is 0 Å². The van der Waals surface area contributed by atoms with Crippen LogP contribution in [0, 0.1) is 11.8 Å². The number of carbonyl (C=O) groups excluding carboxylic acids is 8. The Labute approximate surface area is 378 Å². The summed E-state index contributed by atoms with van der Waals surface area (Å²) in [7, 11) is 1.33. The van der Waals surface area contributed by atoms with Gasteiger partial charge in [-0.1, -0.05) is 119 Å². The average molecular weight is 888 g/mol. The average Bonchev–Trinajstić information content (AvgIpc) is 3.72. The van der Waals surface area contributed by atoms with Crippen LogP contribution < -0.4 is 27.0 Å². The van der Waals surface area contributed by atoms with Crippen molar-refractivity contribution in [2.75, 3.05) is 13.6 Å². The van der Waals surface area contributed by atoms with Crippen molar-refractivity contribution in [3.63, 3.8) is 0 Å². The van der Waals surface area contributed by atoms with E-state index in [9.17, 15) is 38.4 Å². The Morgan fingerprint density at radius 2 is 1.20 bits per heavy atom. The van der Waals surface area contributed by atoms with Gasteiger partial charge in [-0.2, -0.15) is 0 Å². The summed E-state index contributed by atoms with van der Waals surface area (Å²) in [4.78, 5) is 111. The number of ether oxygens (including phenoxy) is 1. The molecule has 0 spiro atoms. The lowest BCUT2D eigenvalue weighted by Crippen LogP contribution is -2.59. The fourth-order valence-corrected chi connectivity index (χ4v) is 6.94. The summed E-state index contributed by atoms with van der Waals surface area (Å²) >= 11 is 0. The molecule has 0 bridgehead atoms. The number of likely N-dealkylation sites (N-methyl/N-ethyl adjacent to an activating group) is 1. The molecule has 2 saturated heterocycles. The highest BCUT2D eigenvalue weighted by molar-refractivity contribution is 5.98. The van der Waals surface area contributed by atoms with Crippen molar-refractivity contribution < 1.29 is 43.1 Å². The molecule has 0 saturated carbocycles. The van der Waals surface area contributed by atoms with Crippen molar-refractivity contribution in [3.05, 3.63) is 97.2 Å². The third kappa shape index (κ3) is 19.0. The minimum Gasteiger partial charge on any atom is -0.458 e. The first kappa shape index (κ1) is 53.8. The van der Waals surface area contributed by atoms with E-state index in [-0.39, 0.29) is 50.5 Å². The molecule has 16 heteroatoms. The Bertz CT molecular complexity index is 1880. The monoisotopic (exact) mass is 888 g/mol. The summed E-state index contributed by atoms with van der Waals surface area (Å²) in [5.74, 6) is -5.92. The van der Waals surface area contributed by atoms with Crippen LogP contribution in [0.3, 0.4) is 0 Å². The van der Waals surface area contributed by atoms with Crippen LogP contribution in [0.1, 0.15) is 87.0 Å². The largest absolute Gasteiger partial charge is 0.458 e. The zero-order chi connectivity index (χ0) is 47.8. The quantitative estimate of drug-likeness (QED) is 0.0867. The van der Waals surface area contributed by atoms with Crippen LogP contribution in [-0.4, -0.2) is 113 Å². The van der Waals surface area contributed by atoms with Crippen molar-refractivity contribution in [2.24, 2.45) is 17.6 Å². The molecule has 2 fully saturated rings. The second kappa shape index (κ2) is 28.4. The van der Waals surface area contributed by atoms with Crippen LogP contribution in [0.5, 0.6) is 0 Å². The molecular weight excluding hydrogens is 819 g/mol. The first-order valence-corrected chi connectivity index (χ1v) is 21.9. The molecule has 1 unspecified atom stereocenters. The Morgan fingerprint density at radius 1 is 0.703 bits per heavy atom. The highest BCUT2D eigenvalue weighted by atomic mass is 16.5. The van der Waals surface area contributed by atoms with Gasteiger partial charge in [-0.3, -0.25) is 33.6 Å². The number of primary amides is 1. The maximum Gasteiger partial charge on any atom is 0.329 e. The van der Waals surface area contributed by atoms with Crippen molar-refractivity contribution in [2.45, 2.75) is 129 Å². The van der Waals surface area contributed by atoms with Crippen LogP contribution in [0.4, 0.5) is 0 Å². The van der Waals surface area contributed by atoms with Gasteiger partial charge in [0.15, 0.2) is 0 Å². The van der Waals surface area contributed by atoms with Crippen molar-refractivity contribution in [1.82, 2.24) is 31.1 Å². The number of fused-ring (bicyclic) bond motifs is 1. The predicted octanol–water partition coefficient (Wildman–Crippen LogP) is 3.54. The molecule has 0 aliphatic carbocycles. The number of nitrogens with two attached hydrogens (primary N) is 1. The number of cyclic esters (lactones) is 1. The van der Waals surface area contributed by atoms with E-state index < -0.39 is 89.7 Å². The second-order valence-corrected chi connectivity index (χ2v) is 16.6. The minimum atomic E-state index is -1.51. The lowest BCUT2D eigenvalue weighted by atomic mass is 9.99. The van der Waals surface area contributed by atoms with Gasteiger partial charge in [0, 0.05) is 26.1 Å². The summed E-state index contributed by atoms with van der Waals surface area (Å²) in [6.07, 6.45) is 27.7. The maximum absolute atomic E-state index is 14.1. The van der Waals surface area contributed by atoms with E-state index in [2.05, 4.69) is 21.3 Å². The van der Waals surface area contributed by atoms with E-state index in [0.29, 0.717) is 6.42 Å². The number of rotatable bonds is 16. The zero-order valence-corrected chi connectivity index (χ0v) is 38.5. The van der Waals surface area contributed by atoms with Crippen molar-refractivity contribution in [1.29, 1.82) is 0 Å². The van der Waals surface area contributed by atoms with Crippen LogP contribution in [0.15, 0.2) is 97.2 Å². The normalized spacial score (nSPS) is 25.2. The van der Waals surface area contributed by atoms with Gasteiger partial charge in [-0.25, -0.2) is 4.79 Å². The molecule has 350 valence electrons. The third-order valence-corrected chi connectivity index (χ3v) is 10.2. The standard InChI is InChI=1S/C48H69N7O9/c1-9-10-11-12-13-14-15-16-17-18-19-20-21-22-23-26-41(57)54(8)42-35(7)64-48(63)36(27-28-40(49)56)51-45(60)39-25-24-29-55(39)47(62)38(31-33(4)5)53-44(59)37(30-32(2)3)52-43(58)34(6)50-46(42)61/h9-23,26,32-39,42H,24-25,27-31H2,1-8H3,(H2,49,56)(H,50,61)(H,51,60)(H,52,58)(H,53,59)/b10-9+,12-11+,14-13+,16-15+,18-17+,20-19+,22-21+,26-23+/t34-,35+,36-,37?,38-,39-,42-/m0/s1. The van der Waals surface area contributed by atoms with Gasteiger partial charge in [0.25, 0.3) is 0 Å². The molecule has 64 heavy (non-hydrogen) atoms. The summed E-state index contributed by atoms with van der Waals surface area (Å²) in [5, 5.41) is 10.7. The van der Waals surface area contributed by atoms with Crippen LogP contribution in [0.2, 0.25) is 0 Å². The highest BCUT2D eigenvalue weighted by Gasteiger charge is 2.42. The fourth-order valence-electron chi connectivity index (χ4n) is 6.94. The molecule has 2 aliphatic rings. The third-order valence-electron chi connectivity index (χ3n) is 10.2. The lowest BCUT2D eigenvalue weighted by Gasteiger charge is -2.33. The fraction of sp³-hybridized carbons (Fsp3) is 0.500. The molecule has 0 aromatic heterocycles. The molecular formula is C48H69N7O9. The Morgan fingerprint density at radius 3 is 1.73 bits per heavy atom. The highest BCUT2D eigenvalue weighted by Crippen LogP contribution is 2.22. The Kier molecular flexibility index (Phi) is 23.9. The Balaban J connectivity index is 2.48. The van der Waals surface area contributed by atoms with Gasteiger partial charge < -0.3 is 41.5 Å². The van der Waals surface area contributed by atoms with E-state index in [0.717, 1.165) is 4.90 Å².